The van der Waals surface area contributed by atoms with E-state index in [9.17, 15) is 9.90 Å². The first kappa shape index (κ1) is 27.3. The summed E-state index contributed by atoms with van der Waals surface area (Å²) in [5, 5.41) is 34.6. The number of hydrogen-bond acceptors (Lipinski definition) is 7. The Labute approximate surface area is 174 Å². The van der Waals surface area contributed by atoms with Crippen molar-refractivity contribution in [2.45, 2.75) is 26.2 Å². The molecule has 0 aromatic heterocycles. The molecular formula is C21H38N2O6. The number of aliphatic hydroxyl groups excluding tert-OH is 3. The number of carboxylic acids is 1. The van der Waals surface area contributed by atoms with Gasteiger partial charge < -0.3 is 30.1 Å². The van der Waals surface area contributed by atoms with Gasteiger partial charge in [-0.15, -0.1) is 0 Å². The molecule has 8 heteroatoms. The molecule has 4 N–H and O–H groups in total. The Balaban J connectivity index is 0.000000665. The zero-order valence-corrected chi connectivity index (χ0v) is 18.0. The van der Waals surface area contributed by atoms with Gasteiger partial charge in [0.2, 0.25) is 0 Å². The first-order valence-corrected chi connectivity index (χ1v) is 10.1. The van der Waals surface area contributed by atoms with Crippen molar-refractivity contribution >= 4 is 11.7 Å². The van der Waals surface area contributed by atoms with Crippen LogP contribution in [0, 0.1) is 0 Å². The van der Waals surface area contributed by atoms with Gasteiger partial charge in [-0.3, -0.25) is 4.90 Å². The SMILES string of the molecule is CCCCOCCc1cc(N(C)C)ccc1C(=O)O.OCCN(CCO)CCO. The molecule has 1 aromatic carbocycles. The maximum absolute atomic E-state index is 11.2. The first-order valence-electron chi connectivity index (χ1n) is 10.1. The van der Waals surface area contributed by atoms with E-state index in [1.54, 1.807) is 11.0 Å². The van der Waals surface area contributed by atoms with E-state index in [0.717, 1.165) is 30.7 Å². The van der Waals surface area contributed by atoms with Crippen LogP contribution >= 0.6 is 0 Å². The van der Waals surface area contributed by atoms with Crippen molar-refractivity contribution in [1.29, 1.82) is 0 Å². The van der Waals surface area contributed by atoms with Gasteiger partial charge in [-0.25, -0.2) is 4.79 Å². The van der Waals surface area contributed by atoms with Crippen LogP contribution in [0.5, 0.6) is 0 Å². The fourth-order valence-electron chi connectivity index (χ4n) is 2.56. The third kappa shape index (κ3) is 12.5. The van der Waals surface area contributed by atoms with Crippen molar-refractivity contribution in [2.24, 2.45) is 0 Å². The topological polar surface area (TPSA) is 114 Å². The first-order chi connectivity index (χ1) is 13.9. The Morgan fingerprint density at radius 1 is 1.00 bits per heavy atom. The summed E-state index contributed by atoms with van der Waals surface area (Å²) in [6.45, 7) is 5.18. The predicted molar refractivity (Wildman–Crippen MR) is 115 cm³/mol. The molecule has 0 atom stereocenters. The molecule has 0 amide bonds. The zero-order valence-electron chi connectivity index (χ0n) is 18.0. The smallest absolute Gasteiger partial charge is 0.335 e. The number of carbonyl (C=O) groups is 1. The van der Waals surface area contributed by atoms with Gasteiger partial charge in [0.15, 0.2) is 0 Å². The van der Waals surface area contributed by atoms with Gasteiger partial charge in [0, 0.05) is 46.0 Å². The average molecular weight is 415 g/mol. The quantitative estimate of drug-likeness (QED) is 0.335. The second kappa shape index (κ2) is 17.2. The molecule has 0 aliphatic carbocycles. The molecule has 0 aliphatic heterocycles. The van der Waals surface area contributed by atoms with E-state index in [4.69, 9.17) is 20.1 Å². The number of benzene rings is 1. The van der Waals surface area contributed by atoms with Crippen LogP contribution in [0.1, 0.15) is 35.7 Å². The Hall–Kier alpha value is -1.71. The molecule has 29 heavy (non-hydrogen) atoms. The third-order valence-electron chi connectivity index (χ3n) is 4.24. The predicted octanol–water partition coefficient (Wildman–Crippen LogP) is 1.08. The molecule has 0 fully saturated rings. The van der Waals surface area contributed by atoms with Crippen LogP contribution in [-0.2, 0) is 11.2 Å². The molecule has 0 spiro atoms. The van der Waals surface area contributed by atoms with Gasteiger partial charge in [-0.05, 0) is 36.6 Å². The number of hydrogen-bond donors (Lipinski definition) is 4. The largest absolute Gasteiger partial charge is 0.478 e. The zero-order chi connectivity index (χ0) is 22.1. The normalized spacial score (nSPS) is 10.6. The number of unbranched alkanes of at least 4 members (excludes halogenated alkanes) is 1. The highest BCUT2D eigenvalue weighted by Gasteiger charge is 2.11. The van der Waals surface area contributed by atoms with E-state index in [2.05, 4.69) is 6.92 Å². The lowest BCUT2D eigenvalue weighted by molar-refractivity contribution is 0.0694. The van der Waals surface area contributed by atoms with Gasteiger partial charge in [-0.1, -0.05) is 13.3 Å². The van der Waals surface area contributed by atoms with Crippen molar-refractivity contribution < 1.29 is 30.0 Å². The Morgan fingerprint density at radius 2 is 1.59 bits per heavy atom. The summed E-state index contributed by atoms with van der Waals surface area (Å²) < 4.78 is 5.51. The minimum Gasteiger partial charge on any atom is -0.478 e. The maximum atomic E-state index is 11.2. The van der Waals surface area contributed by atoms with Crippen LogP contribution in [0.4, 0.5) is 5.69 Å². The number of anilines is 1. The molecule has 168 valence electrons. The summed E-state index contributed by atoms with van der Waals surface area (Å²) in [5.41, 5.74) is 2.20. The summed E-state index contributed by atoms with van der Waals surface area (Å²) in [7, 11) is 3.88. The van der Waals surface area contributed by atoms with Crippen molar-refractivity contribution in [3.8, 4) is 0 Å². The molecule has 0 heterocycles. The van der Waals surface area contributed by atoms with Crippen LogP contribution in [0.2, 0.25) is 0 Å². The number of carboxylic acid groups (broad SMARTS) is 1. The molecule has 0 aliphatic rings. The molecule has 0 bridgehead atoms. The van der Waals surface area contributed by atoms with E-state index in [1.165, 1.54) is 0 Å². The fraction of sp³-hybridized carbons (Fsp3) is 0.667. The van der Waals surface area contributed by atoms with Gasteiger partial charge in [0.05, 0.1) is 32.0 Å². The highest BCUT2D eigenvalue weighted by molar-refractivity contribution is 5.90. The van der Waals surface area contributed by atoms with Crippen molar-refractivity contribution in [3.05, 3.63) is 29.3 Å². The lowest BCUT2D eigenvalue weighted by Crippen LogP contribution is -2.32. The van der Waals surface area contributed by atoms with Crippen molar-refractivity contribution in [2.75, 3.05) is 71.7 Å². The molecule has 8 nitrogen and oxygen atoms in total. The highest BCUT2D eigenvalue weighted by Crippen LogP contribution is 2.19. The average Bonchev–Trinajstić information content (AvgIpc) is 2.68. The Kier molecular flexibility index (Phi) is 16.2. The third-order valence-corrected chi connectivity index (χ3v) is 4.24. The van der Waals surface area contributed by atoms with Gasteiger partial charge in [-0.2, -0.15) is 0 Å². The summed E-state index contributed by atoms with van der Waals surface area (Å²) >= 11 is 0. The van der Waals surface area contributed by atoms with E-state index in [-0.39, 0.29) is 19.8 Å². The lowest BCUT2D eigenvalue weighted by atomic mass is 10.0. The van der Waals surface area contributed by atoms with Gasteiger partial charge >= 0.3 is 5.97 Å². The standard InChI is InChI=1S/C15H23NO3.C6H15NO3/c1-4-5-9-19-10-8-12-11-13(16(2)3)6-7-14(12)15(17)18;8-4-1-7(2-5-9)3-6-10/h6-7,11H,4-5,8-10H2,1-3H3,(H,17,18);8-10H,1-6H2. The fourth-order valence-corrected chi connectivity index (χ4v) is 2.56. The second-order valence-electron chi connectivity index (χ2n) is 6.77. The molecule has 1 aromatic rings. The minimum absolute atomic E-state index is 0.0694. The van der Waals surface area contributed by atoms with E-state index >= 15 is 0 Å². The number of aliphatic hydroxyl groups is 3. The highest BCUT2D eigenvalue weighted by atomic mass is 16.5. The molecular weight excluding hydrogens is 376 g/mol. The van der Waals surface area contributed by atoms with E-state index in [1.807, 2.05) is 31.1 Å². The van der Waals surface area contributed by atoms with Crippen molar-refractivity contribution in [1.82, 2.24) is 4.90 Å². The van der Waals surface area contributed by atoms with Gasteiger partial charge in [0.1, 0.15) is 0 Å². The Bertz CT molecular complexity index is 540. The van der Waals surface area contributed by atoms with Gasteiger partial charge in [0.25, 0.3) is 0 Å². The molecule has 0 unspecified atom stereocenters. The number of ether oxygens (including phenoxy) is 1. The number of nitrogens with zero attached hydrogens (tertiary/aromatic N) is 2. The van der Waals surface area contributed by atoms with Crippen LogP contribution in [0.3, 0.4) is 0 Å². The summed E-state index contributed by atoms with van der Waals surface area (Å²) in [5.74, 6) is -0.881. The van der Waals surface area contributed by atoms with E-state index in [0.29, 0.717) is 38.2 Å². The van der Waals surface area contributed by atoms with Crippen LogP contribution in [0.15, 0.2) is 18.2 Å². The maximum Gasteiger partial charge on any atom is 0.335 e. The summed E-state index contributed by atoms with van der Waals surface area (Å²) in [4.78, 5) is 14.9. The summed E-state index contributed by atoms with van der Waals surface area (Å²) in [6.07, 6.45) is 2.78. The molecule has 0 saturated carbocycles. The monoisotopic (exact) mass is 414 g/mol. The van der Waals surface area contributed by atoms with E-state index < -0.39 is 5.97 Å². The summed E-state index contributed by atoms with van der Waals surface area (Å²) in [6, 6.07) is 5.41. The van der Waals surface area contributed by atoms with Crippen molar-refractivity contribution in [3.63, 3.8) is 0 Å². The second-order valence-corrected chi connectivity index (χ2v) is 6.77. The number of rotatable bonds is 14. The lowest BCUT2D eigenvalue weighted by Gasteiger charge is -2.17. The number of aromatic carboxylic acids is 1. The molecule has 0 saturated heterocycles. The van der Waals surface area contributed by atoms with Crippen LogP contribution in [-0.4, -0.2) is 98.1 Å². The minimum atomic E-state index is -0.881. The van der Waals surface area contributed by atoms with Crippen LogP contribution in [0.25, 0.3) is 0 Å². The molecule has 1 rings (SSSR count). The van der Waals surface area contributed by atoms with Crippen LogP contribution < -0.4 is 4.90 Å². The Morgan fingerprint density at radius 3 is 2.03 bits per heavy atom. The molecule has 0 radical (unpaired) electrons.